The van der Waals surface area contributed by atoms with Crippen molar-refractivity contribution in [2.45, 2.75) is 33.2 Å². The minimum absolute atomic E-state index is 0.00390. The maximum Gasteiger partial charge on any atom is 0.308 e. The van der Waals surface area contributed by atoms with Gasteiger partial charge in [0.05, 0.1) is 0 Å². The van der Waals surface area contributed by atoms with Gasteiger partial charge in [0.2, 0.25) is 5.91 Å². The highest BCUT2D eigenvalue weighted by molar-refractivity contribution is 5.73. The molecule has 0 aromatic heterocycles. The first-order valence-electron chi connectivity index (χ1n) is 5.52. The van der Waals surface area contributed by atoms with Crippen LogP contribution >= 0.6 is 0 Å². The third-order valence-corrected chi connectivity index (χ3v) is 2.20. The van der Waals surface area contributed by atoms with Crippen LogP contribution in [0.5, 0.6) is 5.75 Å². The normalized spacial score (nSPS) is 11.7. The van der Waals surface area contributed by atoms with Crippen LogP contribution in [0.2, 0.25) is 0 Å². The molecule has 1 amide bonds. The minimum atomic E-state index is -0.343. The molecule has 1 aromatic rings. The Morgan fingerprint density at radius 2 is 1.94 bits per heavy atom. The molecule has 0 radical (unpaired) electrons. The fraction of sp³-hybridized carbons (Fsp3) is 0.385. The summed E-state index contributed by atoms with van der Waals surface area (Å²) in [5.41, 5.74) is 0.906. The third kappa shape index (κ3) is 4.68. The number of carbonyl (C=O) groups excluding carboxylic acids is 2. The van der Waals surface area contributed by atoms with Crippen molar-refractivity contribution in [2.75, 3.05) is 0 Å². The van der Waals surface area contributed by atoms with Gasteiger partial charge in [-0.3, -0.25) is 9.59 Å². The lowest BCUT2D eigenvalue weighted by Crippen LogP contribution is -2.32. The highest BCUT2D eigenvalue weighted by Crippen LogP contribution is 2.19. The Hall–Kier alpha value is -1.84. The number of para-hydroxylation sites is 1. The molecule has 1 atom stereocenters. The van der Waals surface area contributed by atoms with E-state index in [4.69, 9.17) is 4.74 Å². The minimum Gasteiger partial charge on any atom is -0.426 e. The zero-order valence-corrected chi connectivity index (χ0v) is 10.3. The molecule has 1 N–H and O–H groups in total. The maximum absolute atomic E-state index is 10.9. The van der Waals surface area contributed by atoms with Crippen LogP contribution in [0, 0.1) is 0 Å². The van der Waals surface area contributed by atoms with Crippen LogP contribution in [0.1, 0.15) is 26.3 Å². The van der Waals surface area contributed by atoms with Gasteiger partial charge >= 0.3 is 5.97 Å². The van der Waals surface area contributed by atoms with Crippen molar-refractivity contribution in [2.24, 2.45) is 0 Å². The van der Waals surface area contributed by atoms with E-state index in [-0.39, 0.29) is 17.9 Å². The summed E-state index contributed by atoms with van der Waals surface area (Å²) in [5.74, 6) is 0.143. The predicted octanol–water partition coefficient (Wildman–Crippen LogP) is 1.68. The average Bonchev–Trinajstić information content (AvgIpc) is 2.18. The number of hydrogen-bond acceptors (Lipinski definition) is 3. The zero-order chi connectivity index (χ0) is 12.8. The van der Waals surface area contributed by atoms with E-state index >= 15 is 0 Å². The van der Waals surface area contributed by atoms with E-state index in [0.29, 0.717) is 12.2 Å². The second-order valence-corrected chi connectivity index (χ2v) is 4.01. The second-order valence-electron chi connectivity index (χ2n) is 4.01. The summed E-state index contributed by atoms with van der Waals surface area (Å²) < 4.78 is 5.10. The van der Waals surface area contributed by atoms with Gasteiger partial charge in [-0.05, 0) is 25.0 Å². The van der Waals surface area contributed by atoms with E-state index in [2.05, 4.69) is 5.32 Å². The van der Waals surface area contributed by atoms with Gasteiger partial charge in [-0.25, -0.2) is 0 Å². The van der Waals surface area contributed by atoms with Crippen molar-refractivity contribution in [1.82, 2.24) is 5.32 Å². The Bertz CT molecular complexity index is 415. The molecule has 0 aliphatic rings. The van der Waals surface area contributed by atoms with Crippen LogP contribution < -0.4 is 10.1 Å². The van der Waals surface area contributed by atoms with Crippen molar-refractivity contribution < 1.29 is 14.3 Å². The number of benzene rings is 1. The molecule has 4 nitrogen and oxygen atoms in total. The summed E-state index contributed by atoms with van der Waals surface area (Å²) in [6.07, 6.45) is 0.628. The molecule has 1 aromatic carbocycles. The second kappa shape index (κ2) is 6.03. The quantitative estimate of drug-likeness (QED) is 0.638. The Labute approximate surface area is 101 Å². The number of esters is 1. The smallest absolute Gasteiger partial charge is 0.308 e. The summed E-state index contributed by atoms with van der Waals surface area (Å²) in [5, 5.41) is 2.79. The first kappa shape index (κ1) is 13.2. The monoisotopic (exact) mass is 235 g/mol. The molecule has 0 heterocycles. The molecule has 92 valence electrons. The molecule has 0 aliphatic heterocycles. The maximum atomic E-state index is 10.9. The van der Waals surface area contributed by atoms with Crippen molar-refractivity contribution in [3.8, 4) is 5.75 Å². The topological polar surface area (TPSA) is 55.4 Å². The van der Waals surface area contributed by atoms with Gasteiger partial charge in [0, 0.05) is 19.9 Å². The van der Waals surface area contributed by atoms with Gasteiger partial charge in [0.1, 0.15) is 5.75 Å². The fourth-order valence-electron chi connectivity index (χ4n) is 1.65. The van der Waals surface area contributed by atoms with Crippen LogP contribution in [0.4, 0.5) is 0 Å². The van der Waals surface area contributed by atoms with Crippen LogP contribution in [0.3, 0.4) is 0 Å². The summed E-state index contributed by atoms with van der Waals surface area (Å²) in [7, 11) is 0. The van der Waals surface area contributed by atoms with Crippen molar-refractivity contribution in [1.29, 1.82) is 0 Å². The Morgan fingerprint density at radius 3 is 2.53 bits per heavy atom. The molecule has 4 heteroatoms. The Balaban J connectivity index is 2.75. The Kier molecular flexibility index (Phi) is 4.69. The van der Waals surface area contributed by atoms with Crippen molar-refractivity contribution >= 4 is 11.9 Å². The highest BCUT2D eigenvalue weighted by atomic mass is 16.5. The average molecular weight is 235 g/mol. The van der Waals surface area contributed by atoms with E-state index in [1.165, 1.54) is 13.8 Å². The van der Waals surface area contributed by atoms with Crippen molar-refractivity contribution in [3.05, 3.63) is 29.8 Å². The van der Waals surface area contributed by atoms with Gasteiger partial charge in [-0.2, -0.15) is 0 Å². The highest BCUT2D eigenvalue weighted by Gasteiger charge is 2.10. The number of nitrogens with one attached hydrogen (secondary N) is 1. The van der Waals surface area contributed by atoms with Gasteiger partial charge in [-0.1, -0.05) is 18.2 Å². The van der Waals surface area contributed by atoms with Gasteiger partial charge in [-0.15, -0.1) is 0 Å². The van der Waals surface area contributed by atoms with E-state index in [1.807, 2.05) is 25.1 Å². The molecule has 0 aliphatic carbocycles. The number of hydrogen-bond donors (Lipinski definition) is 1. The summed E-state index contributed by atoms with van der Waals surface area (Å²) in [6, 6.07) is 7.32. The molecular weight excluding hydrogens is 218 g/mol. The lowest BCUT2D eigenvalue weighted by Gasteiger charge is -2.14. The molecule has 0 bridgehead atoms. The molecule has 1 rings (SSSR count). The standard InChI is InChI=1S/C13H17NO3/c1-9(14-10(2)15)8-12-6-4-5-7-13(12)17-11(3)16/h4-7,9H,8H2,1-3H3,(H,14,15). The van der Waals surface area contributed by atoms with E-state index in [1.54, 1.807) is 6.07 Å². The van der Waals surface area contributed by atoms with E-state index in [9.17, 15) is 9.59 Å². The van der Waals surface area contributed by atoms with Gasteiger partial charge in [0.25, 0.3) is 0 Å². The molecule has 0 saturated carbocycles. The predicted molar refractivity (Wildman–Crippen MR) is 64.7 cm³/mol. The van der Waals surface area contributed by atoms with E-state index < -0.39 is 0 Å². The van der Waals surface area contributed by atoms with Gasteiger partial charge in [0.15, 0.2) is 0 Å². The number of rotatable bonds is 4. The lowest BCUT2D eigenvalue weighted by molar-refractivity contribution is -0.132. The Morgan fingerprint density at radius 1 is 1.29 bits per heavy atom. The fourth-order valence-corrected chi connectivity index (χ4v) is 1.65. The molecular formula is C13H17NO3. The van der Waals surface area contributed by atoms with Crippen LogP contribution in [0.25, 0.3) is 0 Å². The zero-order valence-electron chi connectivity index (χ0n) is 10.3. The molecule has 1 unspecified atom stereocenters. The first-order valence-corrected chi connectivity index (χ1v) is 5.52. The van der Waals surface area contributed by atoms with E-state index in [0.717, 1.165) is 5.56 Å². The SMILES string of the molecule is CC(=O)NC(C)Cc1ccccc1OC(C)=O. The lowest BCUT2D eigenvalue weighted by atomic mass is 10.1. The van der Waals surface area contributed by atoms with Crippen molar-refractivity contribution in [3.63, 3.8) is 0 Å². The third-order valence-electron chi connectivity index (χ3n) is 2.20. The summed E-state index contributed by atoms with van der Waals surface area (Å²) in [4.78, 5) is 21.8. The molecule has 0 spiro atoms. The number of amides is 1. The molecule has 0 fully saturated rings. The van der Waals surface area contributed by atoms with Gasteiger partial charge < -0.3 is 10.1 Å². The molecule has 0 saturated heterocycles. The van der Waals surface area contributed by atoms with Crippen LogP contribution in [-0.4, -0.2) is 17.9 Å². The van der Waals surface area contributed by atoms with Crippen LogP contribution in [-0.2, 0) is 16.0 Å². The first-order chi connectivity index (χ1) is 7.99. The molecule has 17 heavy (non-hydrogen) atoms. The largest absolute Gasteiger partial charge is 0.426 e. The summed E-state index contributed by atoms with van der Waals surface area (Å²) >= 11 is 0. The number of carbonyl (C=O) groups is 2. The number of ether oxygens (including phenoxy) is 1. The summed E-state index contributed by atoms with van der Waals surface area (Å²) in [6.45, 7) is 4.76. The van der Waals surface area contributed by atoms with Crippen LogP contribution in [0.15, 0.2) is 24.3 Å².